The van der Waals surface area contributed by atoms with Crippen LogP contribution in [0.15, 0.2) is 61.2 Å². The smallest absolute Gasteiger partial charge is 0.192 e. The summed E-state index contributed by atoms with van der Waals surface area (Å²) in [5.74, 6) is 1.06. The summed E-state index contributed by atoms with van der Waals surface area (Å²) in [6.45, 7) is 0.353. The van der Waals surface area contributed by atoms with Crippen LogP contribution in [0.1, 0.15) is 24.6 Å². The molecule has 3 aromatic heterocycles. The van der Waals surface area contributed by atoms with Gasteiger partial charge < -0.3 is 14.6 Å². The summed E-state index contributed by atoms with van der Waals surface area (Å²) in [5, 5.41) is 18.1. The van der Waals surface area contributed by atoms with Crippen LogP contribution in [0.25, 0.3) is 28.2 Å². The summed E-state index contributed by atoms with van der Waals surface area (Å²) < 4.78 is 28.4. The van der Waals surface area contributed by atoms with Crippen LogP contribution in [0.2, 0.25) is 0 Å². The van der Waals surface area contributed by atoms with Crippen LogP contribution in [0.3, 0.4) is 0 Å². The molecule has 1 aliphatic rings. The van der Waals surface area contributed by atoms with Gasteiger partial charge in [-0.15, -0.1) is 10.2 Å². The van der Waals surface area contributed by atoms with E-state index >= 15 is 0 Å². The molecule has 2 atom stereocenters. The number of hydrogen-bond acceptors (Lipinski definition) is 7. The molecule has 0 spiro atoms. The fourth-order valence-corrected chi connectivity index (χ4v) is 4.20. The lowest BCUT2D eigenvalue weighted by atomic mass is 10.2. The molecule has 10 heteroatoms. The van der Waals surface area contributed by atoms with E-state index in [-0.39, 0.29) is 24.8 Å². The number of fused-ring (bicyclic) bond motifs is 3. The van der Waals surface area contributed by atoms with E-state index in [9.17, 15) is 9.50 Å². The first kappa shape index (κ1) is 20.7. The molecule has 34 heavy (non-hydrogen) atoms. The number of aromatic nitrogens is 6. The van der Waals surface area contributed by atoms with Crippen molar-refractivity contribution in [3.8, 4) is 17.1 Å². The van der Waals surface area contributed by atoms with Crippen molar-refractivity contribution < 1.29 is 19.0 Å². The molecule has 5 aromatic rings. The minimum Gasteiger partial charge on any atom is -0.489 e. The molecule has 0 bridgehead atoms. The van der Waals surface area contributed by atoms with E-state index in [1.165, 1.54) is 12.1 Å². The Labute approximate surface area is 193 Å². The van der Waals surface area contributed by atoms with Gasteiger partial charge in [0.1, 0.15) is 30.7 Å². The maximum absolute atomic E-state index is 13.0. The normalized spacial score (nSPS) is 18.2. The number of aliphatic hydroxyl groups is 1. The maximum Gasteiger partial charge on any atom is 0.192 e. The zero-order valence-electron chi connectivity index (χ0n) is 18.1. The number of aliphatic hydroxyl groups excluding tert-OH is 1. The average Bonchev–Trinajstić information content (AvgIpc) is 3.61. The summed E-state index contributed by atoms with van der Waals surface area (Å²) in [6.07, 6.45) is 4.60. The summed E-state index contributed by atoms with van der Waals surface area (Å²) in [6, 6.07) is 13.8. The van der Waals surface area contributed by atoms with Crippen LogP contribution in [0.5, 0.6) is 5.75 Å². The second-order valence-electron chi connectivity index (χ2n) is 8.20. The monoisotopic (exact) mass is 460 g/mol. The van der Waals surface area contributed by atoms with E-state index in [4.69, 9.17) is 9.47 Å². The lowest BCUT2D eigenvalue weighted by Crippen LogP contribution is -2.14. The van der Waals surface area contributed by atoms with E-state index in [0.29, 0.717) is 35.0 Å². The average molecular weight is 460 g/mol. The Morgan fingerprint density at radius 1 is 0.971 bits per heavy atom. The molecular weight excluding hydrogens is 439 g/mol. The van der Waals surface area contributed by atoms with Gasteiger partial charge in [0.25, 0.3) is 0 Å². The van der Waals surface area contributed by atoms with Crippen LogP contribution in [-0.2, 0) is 11.3 Å². The van der Waals surface area contributed by atoms with Gasteiger partial charge in [-0.25, -0.2) is 14.4 Å². The minimum absolute atomic E-state index is 0.00437. The first-order valence-corrected chi connectivity index (χ1v) is 11.0. The van der Waals surface area contributed by atoms with Gasteiger partial charge in [0.15, 0.2) is 22.6 Å². The number of nitrogens with zero attached hydrogens (tertiary/aromatic N) is 6. The van der Waals surface area contributed by atoms with Gasteiger partial charge in [0.05, 0.1) is 19.0 Å². The molecule has 0 unspecified atom stereocenters. The molecule has 2 aromatic carbocycles. The van der Waals surface area contributed by atoms with E-state index in [2.05, 4.69) is 20.2 Å². The number of hydrogen-bond donors (Lipinski definition) is 1. The summed E-state index contributed by atoms with van der Waals surface area (Å²) in [4.78, 5) is 9.11. The quantitative estimate of drug-likeness (QED) is 0.414. The van der Waals surface area contributed by atoms with E-state index in [0.717, 1.165) is 24.0 Å². The fourth-order valence-electron chi connectivity index (χ4n) is 4.20. The van der Waals surface area contributed by atoms with Crippen molar-refractivity contribution >= 4 is 16.8 Å². The molecule has 172 valence electrons. The number of halogens is 1. The van der Waals surface area contributed by atoms with Crippen molar-refractivity contribution in [2.45, 2.75) is 31.8 Å². The van der Waals surface area contributed by atoms with E-state index in [1.807, 2.05) is 28.8 Å². The first-order chi connectivity index (χ1) is 16.7. The summed E-state index contributed by atoms with van der Waals surface area (Å²) in [7, 11) is 0. The van der Waals surface area contributed by atoms with Gasteiger partial charge in [0, 0.05) is 5.56 Å². The standard InChI is InChI=1S/C24H21FN6O3/c25-17-5-1-15(2-6-17)12-33-18-7-3-16(4-8-18)22-28-29-24-21-23(27-14-31(22)24)30(13-26-21)20-10-9-19(11-32)34-20/h1-8,13-14,19-20,32H,9-12H2/t19-,20+/m0/s1. The molecule has 1 N–H and O–H groups in total. The molecule has 1 saturated heterocycles. The van der Waals surface area contributed by atoms with Gasteiger partial charge in [-0.2, -0.15) is 0 Å². The van der Waals surface area contributed by atoms with Crippen LogP contribution in [0.4, 0.5) is 4.39 Å². The second kappa shape index (κ2) is 8.47. The third kappa shape index (κ3) is 3.66. The first-order valence-electron chi connectivity index (χ1n) is 11.0. The lowest BCUT2D eigenvalue weighted by Gasteiger charge is -2.13. The highest BCUT2D eigenvalue weighted by Crippen LogP contribution is 2.31. The zero-order chi connectivity index (χ0) is 23.1. The molecule has 0 amide bonds. The molecule has 1 fully saturated rings. The number of benzene rings is 2. The van der Waals surface area contributed by atoms with Crippen LogP contribution in [-0.4, -0.2) is 47.0 Å². The topological polar surface area (TPSA) is 99.6 Å². The van der Waals surface area contributed by atoms with Gasteiger partial charge >= 0.3 is 0 Å². The SMILES string of the molecule is OC[C@@H]1CC[C@H](n2cnc3c2ncn2c(-c4ccc(OCc5ccc(F)cc5)cc4)nnc32)O1. The predicted octanol–water partition coefficient (Wildman–Crippen LogP) is 3.53. The van der Waals surface area contributed by atoms with Gasteiger partial charge in [-0.05, 0) is 54.8 Å². The van der Waals surface area contributed by atoms with Crippen molar-refractivity contribution in [2.24, 2.45) is 0 Å². The highest BCUT2D eigenvalue weighted by Gasteiger charge is 2.28. The van der Waals surface area contributed by atoms with Gasteiger partial charge in [0.2, 0.25) is 0 Å². The molecule has 0 saturated carbocycles. The van der Waals surface area contributed by atoms with E-state index < -0.39 is 0 Å². The van der Waals surface area contributed by atoms with Crippen LogP contribution >= 0.6 is 0 Å². The molecule has 6 rings (SSSR count). The minimum atomic E-state index is -0.269. The molecule has 1 aliphatic heterocycles. The van der Waals surface area contributed by atoms with Crippen molar-refractivity contribution in [1.29, 1.82) is 0 Å². The third-order valence-electron chi connectivity index (χ3n) is 6.00. The Morgan fingerprint density at radius 3 is 2.56 bits per heavy atom. The molecule has 0 aliphatic carbocycles. The number of ether oxygens (including phenoxy) is 2. The van der Waals surface area contributed by atoms with Crippen molar-refractivity contribution in [3.05, 3.63) is 72.6 Å². The van der Waals surface area contributed by atoms with Crippen molar-refractivity contribution in [1.82, 2.24) is 29.1 Å². The highest BCUT2D eigenvalue weighted by molar-refractivity contribution is 5.86. The molecule has 9 nitrogen and oxygen atoms in total. The Balaban J connectivity index is 1.24. The largest absolute Gasteiger partial charge is 0.489 e. The Kier molecular flexibility index (Phi) is 5.16. The Hall–Kier alpha value is -3.89. The zero-order valence-corrected chi connectivity index (χ0v) is 18.1. The van der Waals surface area contributed by atoms with Crippen LogP contribution < -0.4 is 4.74 Å². The molecule has 0 radical (unpaired) electrons. The van der Waals surface area contributed by atoms with Crippen LogP contribution in [0, 0.1) is 5.82 Å². The molecular formula is C24H21FN6O3. The second-order valence-corrected chi connectivity index (χ2v) is 8.20. The van der Waals surface area contributed by atoms with Gasteiger partial charge in [-0.1, -0.05) is 12.1 Å². The molecule has 4 heterocycles. The Morgan fingerprint density at radius 2 is 1.79 bits per heavy atom. The van der Waals surface area contributed by atoms with Crippen molar-refractivity contribution in [3.63, 3.8) is 0 Å². The Bertz CT molecular complexity index is 1450. The fraction of sp³-hybridized carbons (Fsp3) is 0.250. The van der Waals surface area contributed by atoms with Gasteiger partial charge in [-0.3, -0.25) is 8.97 Å². The third-order valence-corrected chi connectivity index (χ3v) is 6.00. The summed E-state index contributed by atoms with van der Waals surface area (Å²) >= 11 is 0. The van der Waals surface area contributed by atoms with E-state index in [1.54, 1.807) is 29.2 Å². The van der Waals surface area contributed by atoms with Crippen molar-refractivity contribution in [2.75, 3.05) is 6.61 Å². The predicted molar refractivity (Wildman–Crippen MR) is 120 cm³/mol. The lowest BCUT2D eigenvalue weighted by molar-refractivity contribution is -0.0207. The number of rotatable bonds is 6. The maximum atomic E-state index is 13.0. The summed E-state index contributed by atoms with van der Waals surface area (Å²) in [5.41, 5.74) is 3.65. The number of imidazole rings is 1. The highest BCUT2D eigenvalue weighted by atomic mass is 19.1.